The largest absolute Gasteiger partial charge is 0.378 e. The van der Waals surface area contributed by atoms with Gasteiger partial charge in [-0.2, -0.15) is 0 Å². The molecule has 0 aromatic carbocycles. The Morgan fingerprint density at radius 2 is 1.76 bits per heavy atom. The Labute approximate surface area is 132 Å². The summed E-state index contributed by atoms with van der Waals surface area (Å²) in [7, 11) is 0. The fraction of sp³-hybridized carbons (Fsp3) is 1.00. The molecule has 1 saturated heterocycles. The van der Waals surface area contributed by atoms with Crippen LogP contribution in [0.1, 0.15) is 78.6 Å². The molecule has 124 valence electrons. The average molecular weight is 296 g/mol. The minimum absolute atomic E-state index is 0.558. The summed E-state index contributed by atoms with van der Waals surface area (Å²) in [6, 6.07) is 0.738. The predicted octanol–water partition coefficient (Wildman–Crippen LogP) is 4.78. The summed E-state index contributed by atoms with van der Waals surface area (Å²) in [5.74, 6) is 2.76. The van der Waals surface area contributed by atoms with Crippen molar-refractivity contribution in [3.05, 3.63) is 0 Å². The average Bonchev–Trinajstić information content (AvgIpc) is 3.01. The Balaban J connectivity index is 1.77. The minimum Gasteiger partial charge on any atom is -0.378 e. The number of nitrogens with one attached hydrogen (secondary N) is 1. The van der Waals surface area contributed by atoms with Crippen molar-refractivity contribution >= 4 is 0 Å². The molecule has 0 amide bonds. The van der Waals surface area contributed by atoms with Gasteiger partial charge in [0.25, 0.3) is 0 Å². The van der Waals surface area contributed by atoms with Gasteiger partial charge in [-0.05, 0) is 82.1 Å². The number of hydrogen-bond acceptors (Lipinski definition) is 2. The van der Waals surface area contributed by atoms with Gasteiger partial charge in [-0.25, -0.2) is 0 Å². The lowest BCUT2D eigenvalue weighted by atomic mass is 9.73. The second-order valence-electron chi connectivity index (χ2n) is 7.69. The molecule has 2 unspecified atom stereocenters. The molecule has 2 rings (SSSR count). The summed E-state index contributed by atoms with van der Waals surface area (Å²) in [5, 5.41) is 3.85. The summed E-state index contributed by atoms with van der Waals surface area (Å²) in [6.45, 7) is 9.25. The van der Waals surface area contributed by atoms with E-state index in [0.717, 1.165) is 30.4 Å². The molecule has 0 spiro atoms. The van der Waals surface area contributed by atoms with Gasteiger partial charge in [-0.15, -0.1) is 0 Å². The summed E-state index contributed by atoms with van der Waals surface area (Å²) < 4.78 is 5.82. The smallest absolute Gasteiger partial charge is 0.0576 e. The zero-order chi connectivity index (χ0) is 15.1. The number of ether oxygens (including phenoxy) is 1. The maximum atomic E-state index is 5.82. The Bertz CT molecular complexity index is 265. The Hall–Kier alpha value is -0.0800. The van der Waals surface area contributed by atoms with Crippen LogP contribution < -0.4 is 5.32 Å². The van der Waals surface area contributed by atoms with E-state index in [9.17, 15) is 0 Å². The SMILES string of the molecule is CCCNC(CCC1CCCO1)C1CCC(C(C)C)CC1. The first kappa shape index (κ1) is 17.3. The van der Waals surface area contributed by atoms with Crippen molar-refractivity contribution < 1.29 is 4.74 Å². The Kier molecular flexibility index (Phi) is 7.53. The highest BCUT2D eigenvalue weighted by Gasteiger charge is 2.29. The highest BCUT2D eigenvalue weighted by Crippen LogP contribution is 2.36. The van der Waals surface area contributed by atoms with E-state index in [4.69, 9.17) is 4.74 Å². The van der Waals surface area contributed by atoms with Crippen LogP contribution in [0.2, 0.25) is 0 Å². The molecule has 1 N–H and O–H groups in total. The monoisotopic (exact) mass is 295 g/mol. The number of hydrogen-bond donors (Lipinski definition) is 1. The van der Waals surface area contributed by atoms with Crippen LogP contribution in [0.15, 0.2) is 0 Å². The first-order valence-electron chi connectivity index (χ1n) is 9.55. The van der Waals surface area contributed by atoms with Crippen molar-refractivity contribution in [1.29, 1.82) is 0 Å². The minimum atomic E-state index is 0.558. The molecule has 21 heavy (non-hydrogen) atoms. The number of rotatable bonds is 8. The zero-order valence-electron chi connectivity index (χ0n) is 14.6. The van der Waals surface area contributed by atoms with Crippen molar-refractivity contribution in [3.8, 4) is 0 Å². The van der Waals surface area contributed by atoms with Gasteiger partial charge < -0.3 is 10.1 Å². The topological polar surface area (TPSA) is 21.3 Å². The third-order valence-electron chi connectivity index (χ3n) is 5.81. The van der Waals surface area contributed by atoms with Gasteiger partial charge in [-0.3, -0.25) is 0 Å². The molecule has 2 nitrogen and oxygen atoms in total. The third-order valence-corrected chi connectivity index (χ3v) is 5.81. The molecule has 2 fully saturated rings. The van der Waals surface area contributed by atoms with Crippen LogP contribution in [0, 0.1) is 17.8 Å². The lowest BCUT2D eigenvalue weighted by Gasteiger charge is -2.36. The van der Waals surface area contributed by atoms with Crippen LogP contribution in [0.5, 0.6) is 0 Å². The molecule has 0 bridgehead atoms. The normalized spacial score (nSPS) is 31.7. The van der Waals surface area contributed by atoms with Crippen LogP contribution in [-0.2, 0) is 4.74 Å². The molecule has 1 saturated carbocycles. The van der Waals surface area contributed by atoms with Crippen molar-refractivity contribution in [2.75, 3.05) is 13.2 Å². The maximum Gasteiger partial charge on any atom is 0.0576 e. The van der Waals surface area contributed by atoms with Crippen molar-refractivity contribution in [2.45, 2.75) is 90.7 Å². The van der Waals surface area contributed by atoms with E-state index in [-0.39, 0.29) is 0 Å². The van der Waals surface area contributed by atoms with E-state index in [1.54, 1.807) is 0 Å². The van der Waals surface area contributed by atoms with E-state index >= 15 is 0 Å². The molecule has 2 atom stereocenters. The van der Waals surface area contributed by atoms with Crippen molar-refractivity contribution in [2.24, 2.45) is 17.8 Å². The summed E-state index contributed by atoms with van der Waals surface area (Å²) in [5.41, 5.74) is 0. The lowest BCUT2D eigenvalue weighted by molar-refractivity contribution is 0.0935. The fourth-order valence-electron chi connectivity index (χ4n) is 4.29. The van der Waals surface area contributed by atoms with Gasteiger partial charge in [0.2, 0.25) is 0 Å². The maximum absolute atomic E-state index is 5.82. The molecule has 2 heteroatoms. The van der Waals surface area contributed by atoms with Crippen LogP contribution in [0.25, 0.3) is 0 Å². The molecule has 0 radical (unpaired) electrons. The quantitative estimate of drug-likeness (QED) is 0.696. The molecule has 0 aromatic rings. The van der Waals surface area contributed by atoms with Crippen LogP contribution >= 0.6 is 0 Å². The van der Waals surface area contributed by atoms with Gasteiger partial charge in [-0.1, -0.05) is 20.8 Å². The van der Waals surface area contributed by atoms with Crippen LogP contribution in [0.4, 0.5) is 0 Å². The van der Waals surface area contributed by atoms with Crippen LogP contribution in [-0.4, -0.2) is 25.3 Å². The van der Waals surface area contributed by atoms with E-state index in [1.807, 2.05) is 0 Å². The summed E-state index contributed by atoms with van der Waals surface area (Å²) in [4.78, 5) is 0. The van der Waals surface area contributed by atoms with Crippen molar-refractivity contribution in [1.82, 2.24) is 5.32 Å². The Morgan fingerprint density at radius 3 is 2.33 bits per heavy atom. The van der Waals surface area contributed by atoms with E-state index in [2.05, 4.69) is 26.1 Å². The van der Waals surface area contributed by atoms with Gasteiger partial charge in [0.05, 0.1) is 6.10 Å². The second kappa shape index (κ2) is 9.15. The lowest BCUT2D eigenvalue weighted by Crippen LogP contribution is -2.39. The highest BCUT2D eigenvalue weighted by atomic mass is 16.5. The first-order valence-corrected chi connectivity index (χ1v) is 9.55. The third kappa shape index (κ3) is 5.56. The second-order valence-corrected chi connectivity index (χ2v) is 7.69. The molecular formula is C19H37NO. The van der Waals surface area contributed by atoms with E-state index in [1.165, 1.54) is 64.3 Å². The molecule has 2 aliphatic rings. The van der Waals surface area contributed by atoms with E-state index in [0.29, 0.717) is 6.10 Å². The zero-order valence-corrected chi connectivity index (χ0v) is 14.6. The standard InChI is InChI=1S/C19H37NO/c1-4-13-20-19(12-11-18-6-5-14-21-18)17-9-7-16(8-10-17)15(2)3/h15-20H,4-14H2,1-3H3. The predicted molar refractivity (Wildman–Crippen MR) is 90.6 cm³/mol. The van der Waals surface area contributed by atoms with Gasteiger partial charge in [0.15, 0.2) is 0 Å². The highest BCUT2D eigenvalue weighted by molar-refractivity contribution is 4.84. The molecule has 1 heterocycles. The fourth-order valence-corrected chi connectivity index (χ4v) is 4.29. The van der Waals surface area contributed by atoms with Crippen LogP contribution in [0.3, 0.4) is 0 Å². The van der Waals surface area contributed by atoms with Crippen molar-refractivity contribution in [3.63, 3.8) is 0 Å². The van der Waals surface area contributed by atoms with Gasteiger partial charge >= 0.3 is 0 Å². The summed E-state index contributed by atoms with van der Waals surface area (Å²) >= 11 is 0. The van der Waals surface area contributed by atoms with Gasteiger partial charge in [0, 0.05) is 12.6 Å². The van der Waals surface area contributed by atoms with Gasteiger partial charge in [0.1, 0.15) is 0 Å². The molecule has 1 aliphatic carbocycles. The molecule has 0 aromatic heterocycles. The Morgan fingerprint density at radius 1 is 1.05 bits per heavy atom. The first-order chi connectivity index (χ1) is 10.2. The molecule has 1 aliphatic heterocycles. The van der Waals surface area contributed by atoms with E-state index < -0.39 is 0 Å². The molecular weight excluding hydrogens is 258 g/mol. The summed E-state index contributed by atoms with van der Waals surface area (Å²) in [6.07, 6.45) is 12.7.